The van der Waals surface area contributed by atoms with Gasteiger partial charge in [-0.25, -0.2) is 9.18 Å². The highest BCUT2D eigenvalue weighted by atomic mass is 19.1. The maximum absolute atomic E-state index is 13.2. The molecule has 0 saturated carbocycles. The van der Waals surface area contributed by atoms with Gasteiger partial charge in [-0.2, -0.15) is 0 Å². The SMILES string of the molecule is C=C(C)c1cc(C2=CCC(F)C=C2)ccc1C(=O)C(=O)OCC. The molecule has 4 heteroatoms. The predicted octanol–water partition coefficient (Wildman–Crippen LogP) is 4.15. The molecule has 1 unspecified atom stereocenters. The van der Waals surface area contributed by atoms with Gasteiger partial charge in [-0.05, 0) is 48.8 Å². The molecule has 1 atom stereocenters. The van der Waals surface area contributed by atoms with Crippen LogP contribution in [-0.2, 0) is 9.53 Å². The quantitative estimate of drug-likeness (QED) is 0.466. The summed E-state index contributed by atoms with van der Waals surface area (Å²) in [5, 5.41) is 0. The smallest absolute Gasteiger partial charge is 0.379 e. The Balaban J connectivity index is 2.40. The van der Waals surface area contributed by atoms with Crippen LogP contribution < -0.4 is 0 Å². The van der Waals surface area contributed by atoms with E-state index in [1.807, 2.05) is 6.08 Å². The molecule has 0 aromatic heterocycles. The molecule has 0 N–H and O–H groups in total. The van der Waals surface area contributed by atoms with E-state index in [9.17, 15) is 14.0 Å². The van der Waals surface area contributed by atoms with Crippen molar-refractivity contribution in [3.05, 3.63) is 59.7 Å². The molecule has 120 valence electrons. The van der Waals surface area contributed by atoms with Gasteiger partial charge in [-0.3, -0.25) is 4.79 Å². The van der Waals surface area contributed by atoms with Gasteiger partial charge in [-0.15, -0.1) is 0 Å². The van der Waals surface area contributed by atoms with Crippen LogP contribution in [-0.4, -0.2) is 24.5 Å². The highest BCUT2D eigenvalue weighted by Gasteiger charge is 2.21. The number of halogens is 1. The molecule has 1 aliphatic carbocycles. The molecule has 0 saturated heterocycles. The fourth-order valence-electron chi connectivity index (χ4n) is 2.39. The van der Waals surface area contributed by atoms with Crippen molar-refractivity contribution in [3.63, 3.8) is 0 Å². The van der Waals surface area contributed by atoms with Crippen LogP contribution in [0.3, 0.4) is 0 Å². The van der Waals surface area contributed by atoms with Gasteiger partial charge >= 0.3 is 5.97 Å². The Morgan fingerprint density at radius 1 is 1.35 bits per heavy atom. The van der Waals surface area contributed by atoms with Gasteiger partial charge < -0.3 is 4.74 Å². The standard InChI is InChI=1S/C19H19FO3/c1-4-23-19(22)18(21)16-10-7-14(11-17(16)12(2)3)13-5-8-15(20)9-6-13/h5-8,10-11,15H,2,4,9H2,1,3H3. The normalized spacial score (nSPS) is 16.7. The number of ketones is 1. The minimum Gasteiger partial charge on any atom is -0.460 e. The zero-order valence-electron chi connectivity index (χ0n) is 13.3. The molecule has 0 bridgehead atoms. The molecular weight excluding hydrogens is 295 g/mol. The first-order chi connectivity index (χ1) is 10.9. The highest BCUT2D eigenvalue weighted by Crippen LogP contribution is 2.27. The largest absolute Gasteiger partial charge is 0.460 e. The van der Waals surface area contributed by atoms with Crippen molar-refractivity contribution in [2.75, 3.05) is 6.61 Å². The summed E-state index contributed by atoms with van der Waals surface area (Å²) in [6.45, 7) is 7.43. The number of hydrogen-bond acceptors (Lipinski definition) is 3. The summed E-state index contributed by atoms with van der Waals surface area (Å²) in [5.74, 6) is -1.56. The van der Waals surface area contributed by atoms with Crippen LogP contribution in [0.5, 0.6) is 0 Å². The Morgan fingerprint density at radius 3 is 2.65 bits per heavy atom. The van der Waals surface area contributed by atoms with E-state index in [2.05, 4.69) is 6.58 Å². The predicted molar refractivity (Wildman–Crippen MR) is 88.7 cm³/mol. The molecule has 0 aliphatic heterocycles. The maximum Gasteiger partial charge on any atom is 0.379 e. The first-order valence-electron chi connectivity index (χ1n) is 7.48. The van der Waals surface area contributed by atoms with Gasteiger partial charge in [-0.1, -0.05) is 30.4 Å². The molecule has 3 nitrogen and oxygen atoms in total. The van der Waals surface area contributed by atoms with E-state index in [-0.39, 0.29) is 12.2 Å². The molecule has 1 aromatic carbocycles. The second-order valence-electron chi connectivity index (χ2n) is 5.36. The number of carbonyl (C=O) groups excluding carboxylic acids is 2. The average Bonchev–Trinajstić information content (AvgIpc) is 2.54. The Morgan fingerprint density at radius 2 is 2.09 bits per heavy atom. The Kier molecular flexibility index (Phi) is 5.27. The lowest BCUT2D eigenvalue weighted by molar-refractivity contribution is -0.137. The minimum atomic E-state index is -0.955. The number of Topliss-reactive ketones (excluding diaryl/α,β-unsaturated/α-hetero) is 1. The number of hydrogen-bond donors (Lipinski definition) is 0. The van der Waals surface area contributed by atoms with Gasteiger partial charge in [0.1, 0.15) is 6.17 Å². The van der Waals surface area contributed by atoms with Crippen LogP contribution in [0, 0.1) is 0 Å². The van der Waals surface area contributed by atoms with Gasteiger partial charge in [0.15, 0.2) is 0 Å². The lowest BCUT2D eigenvalue weighted by Crippen LogP contribution is -2.19. The summed E-state index contributed by atoms with van der Waals surface area (Å²) in [7, 11) is 0. The van der Waals surface area contributed by atoms with E-state index < -0.39 is 17.9 Å². The number of alkyl halides is 1. The third kappa shape index (κ3) is 3.83. The monoisotopic (exact) mass is 314 g/mol. The topological polar surface area (TPSA) is 43.4 Å². The fourth-order valence-corrected chi connectivity index (χ4v) is 2.39. The van der Waals surface area contributed by atoms with Gasteiger partial charge in [0, 0.05) is 12.0 Å². The number of ether oxygens (including phenoxy) is 1. The molecular formula is C19H19FO3. The maximum atomic E-state index is 13.2. The van der Waals surface area contributed by atoms with Crippen LogP contribution in [0.4, 0.5) is 4.39 Å². The van der Waals surface area contributed by atoms with Crippen molar-refractivity contribution >= 4 is 22.9 Å². The van der Waals surface area contributed by atoms with Crippen molar-refractivity contribution in [3.8, 4) is 0 Å². The van der Waals surface area contributed by atoms with E-state index in [1.165, 1.54) is 6.08 Å². The summed E-state index contributed by atoms with van der Waals surface area (Å²) < 4.78 is 17.9. The first-order valence-corrected chi connectivity index (χ1v) is 7.48. The summed E-state index contributed by atoms with van der Waals surface area (Å²) in [5.41, 5.74) is 3.27. The van der Waals surface area contributed by atoms with Gasteiger partial charge in [0.05, 0.1) is 6.61 Å². The molecule has 0 radical (unpaired) electrons. The van der Waals surface area contributed by atoms with E-state index in [0.29, 0.717) is 17.6 Å². The molecule has 0 heterocycles. The van der Waals surface area contributed by atoms with Crippen LogP contribution in [0.25, 0.3) is 11.1 Å². The molecule has 0 spiro atoms. The van der Waals surface area contributed by atoms with Crippen molar-refractivity contribution < 1.29 is 18.7 Å². The molecule has 1 aliphatic rings. The third-order valence-electron chi connectivity index (χ3n) is 3.57. The third-order valence-corrected chi connectivity index (χ3v) is 3.57. The summed E-state index contributed by atoms with van der Waals surface area (Å²) in [6, 6.07) is 5.13. The number of esters is 1. The molecule has 0 fully saturated rings. The van der Waals surface area contributed by atoms with Crippen LogP contribution >= 0.6 is 0 Å². The fraction of sp³-hybridized carbons (Fsp3) is 0.263. The summed E-state index contributed by atoms with van der Waals surface area (Å²) >= 11 is 0. The van der Waals surface area contributed by atoms with Gasteiger partial charge in [0.25, 0.3) is 5.78 Å². The summed E-state index contributed by atoms with van der Waals surface area (Å²) in [4.78, 5) is 23.9. The lowest BCUT2D eigenvalue weighted by Gasteiger charge is -2.14. The number of allylic oxidation sites excluding steroid dienone is 5. The second kappa shape index (κ2) is 7.18. The van der Waals surface area contributed by atoms with E-state index in [4.69, 9.17) is 4.74 Å². The molecule has 1 aromatic rings. The highest BCUT2D eigenvalue weighted by molar-refractivity contribution is 6.41. The van der Waals surface area contributed by atoms with Crippen LogP contribution in [0.15, 0.2) is 43.0 Å². The van der Waals surface area contributed by atoms with Gasteiger partial charge in [0.2, 0.25) is 0 Å². The zero-order valence-corrected chi connectivity index (χ0v) is 13.3. The Labute approximate surface area is 135 Å². The number of rotatable bonds is 5. The average molecular weight is 314 g/mol. The number of carbonyl (C=O) groups is 2. The molecule has 2 rings (SSSR count). The zero-order chi connectivity index (χ0) is 17.0. The Hall–Kier alpha value is -2.49. The van der Waals surface area contributed by atoms with Crippen molar-refractivity contribution in [1.82, 2.24) is 0 Å². The summed E-state index contributed by atoms with van der Waals surface area (Å²) in [6.07, 6.45) is 4.42. The van der Waals surface area contributed by atoms with Crippen LogP contribution in [0.1, 0.15) is 41.8 Å². The number of benzene rings is 1. The Bertz CT molecular complexity index is 713. The first kappa shape index (κ1) is 16.9. The lowest BCUT2D eigenvalue weighted by atomic mass is 9.92. The minimum absolute atomic E-state index is 0.146. The van der Waals surface area contributed by atoms with E-state index in [0.717, 1.165) is 11.1 Å². The van der Waals surface area contributed by atoms with Crippen LogP contribution in [0.2, 0.25) is 0 Å². The van der Waals surface area contributed by atoms with E-state index >= 15 is 0 Å². The van der Waals surface area contributed by atoms with E-state index in [1.54, 1.807) is 38.1 Å². The second-order valence-corrected chi connectivity index (χ2v) is 5.36. The van der Waals surface area contributed by atoms with Crippen molar-refractivity contribution in [1.29, 1.82) is 0 Å². The molecule has 23 heavy (non-hydrogen) atoms. The van der Waals surface area contributed by atoms with Crippen molar-refractivity contribution in [2.24, 2.45) is 0 Å². The molecule has 0 amide bonds. The van der Waals surface area contributed by atoms with Crippen molar-refractivity contribution in [2.45, 2.75) is 26.4 Å².